The van der Waals surface area contributed by atoms with Crippen LogP contribution in [-0.2, 0) is 4.43 Å². The van der Waals surface area contributed by atoms with E-state index in [1.807, 2.05) is 30.3 Å². The first kappa shape index (κ1) is 22.6. The number of nitrogens with two attached hydrogens (primary N) is 1. The Kier molecular flexibility index (Phi) is 6.24. The topological polar surface area (TPSA) is 110 Å². The zero-order chi connectivity index (χ0) is 23.7. The Morgan fingerprint density at radius 3 is 2.73 bits per heavy atom. The highest BCUT2D eigenvalue weighted by molar-refractivity contribution is 14.1. The summed E-state index contributed by atoms with van der Waals surface area (Å²) in [6, 6.07) is 12.1. The van der Waals surface area contributed by atoms with E-state index in [4.69, 9.17) is 5.73 Å². The lowest BCUT2D eigenvalue weighted by molar-refractivity contribution is 0.507. The van der Waals surface area contributed by atoms with Crippen molar-refractivity contribution in [3.05, 3.63) is 87.5 Å². The molecule has 7 nitrogen and oxygen atoms in total. The molecule has 3 N–H and O–H groups in total. The number of pyridine rings is 1. The van der Waals surface area contributed by atoms with E-state index in [1.165, 1.54) is 16.8 Å². The standard InChI is InChI=1S/C23H17F2IN6O/c1-12(30-21-15(10-27)11-29-23(28)31-21)19-7-13-3-2-4-14(9-26)20(13)22(33)32(19)16-5-6-17(24)18(25)8-16/h2-8,11-12H,9H2,1H3,(H3,28,29,30,31)/t12-/m0/s1. The predicted octanol–water partition coefficient (Wildman–Crippen LogP) is 4.62. The van der Waals surface area contributed by atoms with Gasteiger partial charge in [-0.05, 0) is 36.1 Å². The molecule has 2 aromatic heterocycles. The number of nitriles is 1. The van der Waals surface area contributed by atoms with Crippen LogP contribution in [-0.4, -0.2) is 14.5 Å². The van der Waals surface area contributed by atoms with Crippen molar-refractivity contribution < 1.29 is 8.78 Å². The van der Waals surface area contributed by atoms with E-state index in [9.17, 15) is 18.8 Å². The van der Waals surface area contributed by atoms with Gasteiger partial charge < -0.3 is 11.1 Å². The minimum Gasteiger partial charge on any atom is -0.368 e. The van der Waals surface area contributed by atoms with Gasteiger partial charge in [-0.3, -0.25) is 9.36 Å². The fourth-order valence-electron chi connectivity index (χ4n) is 3.64. The highest BCUT2D eigenvalue weighted by Gasteiger charge is 2.20. The lowest BCUT2D eigenvalue weighted by Crippen LogP contribution is -2.26. The van der Waals surface area contributed by atoms with E-state index in [0.717, 1.165) is 17.7 Å². The second-order valence-electron chi connectivity index (χ2n) is 7.29. The van der Waals surface area contributed by atoms with Crippen molar-refractivity contribution in [1.82, 2.24) is 14.5 Å². The Labute approximate surface area is 201 Å². The summed E-state index contributed by atoms with van der Waals surface area (Å²) in [6.07, 6.45) is 1.30. The van der Waals surface area contributed by atoms with Crippen molar-refractivity contribution in [2.75, 3.05) is 11.1 Å². The summed E-state index contributed by atoms with van der Waals surface area (Å²) in [5.74, 6) is -1.90. The van der Waals surface area contributed by atoms with Crippen LogP contribution in [0.1, 0.15) is 29.8 Å². The maximum absolute atomic E-state index is 14.1. The quantitative estimate of drug-likeness (QED) is 0.273. The van der Waals surface area contributed by atoms with E-state index in [1.54, 1.807) is 6.92 Å². The molecule has 4 rings (SSSR count). The van der Waals surface area contributed by atoms with Gasteiger partial charge in [0.05, 0.1) is 23.3 Å². The molecule has 0 bridgehead atoms. The van der Waals surface area contributed by atoms with Crippen molar-refractivity contribution >= 4 is 45.1 Å². The fraction of sp³-hybridized carbons (Fsp3) is 0.130. The maximum Gasteiger partial charge on any atom is 0.263 e. The van der Waals surface area contributed by atoms with Gasteiger partial charge in [0.1, 0.15) is 17.5 Å². The van der Waals surface area contributed by atoms with Gasteiger partial charge in [-0.2, -0.15) is 10.2 Å². The zero-order valence-corrected chi connectivity index (χ0v) is 19.5. The van der Waals surface area contributed by atoms with E-state index >= 15 is 0 Å². The van der Waals surface area contributed by atoms with Crippen molar-refractivity contribution in [2.45, 2.75) is 17.4 Å². The summed E-state index contributed by atoms with van der Waals surface area (Å²) in [5.41, 5.74) is 6.95. The summed E-state index contributed by atoms with van der Waals surface area (Å²) < 4.78 is 29.7. The molecule has 166 valence electrons. The first-order chi connectivity index (χ1) is 15.8. The minimum atomic E-state index is -1.07. The number of benzene rings is 2. The summed E-state index contributed by atoms with van der Waals surface area (Å²) in [7, 11) is 0. The Balaban J connectivity index is 1.97. The SMILES string of the molecule is C[C@H](Nc1nc(N)ncc1C#N)c1cc2cccc(CI)c2c(=O)n1-c1ccc(F)c(F)c1. The van der Waals surface area contributed by atoms with Crippen LogP contribution < -0.4 is 16.6 Å². The van der Waals surface area contributed by atoms with Gasteiger partial charge in [0.15, 0.2) is 11.6 Å². The number of halogens is 3. The Morgan fingerprint density at radius 2 is 2.03 bits per heavy atom. The number of nitrogen functional groups attached to an aromatic ring is 1. The van der Waals surface area contributed by atoms with E-state index in [0.29, 0.717) is 20.9 Å². The third-order valence-corrected chi connectivity index (χ3v) is 6.01. The third-order valence-electron chi connectivity index (χ3n) is 5.19. The first-order valence-corrected chi connectivity index (χ1v) is 11.3. The highest BCUT2D eigenvalue weighted by Crippen LogP contribution is 2.27. The maximum atomic E-state index is 14.1. The summed E-state index contributed by atoms with van der Waals surface area (Å²) in [5, 5.41) is 13.7. The molecule has 0 aliphatic carbocycles. The predicted molar refractivity (Wildman–Crippen MR) is 130 cm³/mol. The van der Waals surface area contributed by atoms with Crippen LogP contribution in [0.5, 0.6) is 0 Å². The number of hydrogen-bond acceptors (Lipinski definition) is 6. The van der Waals surface area contributed by atoms with Gasteiger partial charge in [0, 0.05) is 16.2 Å². The molecular formula is C23H17F2IN6O. The Morgan fingerprint density at radius 1 is 1.24 bits per heavy atom. The van der Waals surface area contributed by atoms with Gasteiger partial charge in [0.2, 0.25) is 5.95 Å². The van der Waals surface area contributed by atoms with Crippen molar-refractivity contribution in [2.24, 2.45) is 0 Å². The molecule has 2 heterocycles. The summed E-state index contributed by atoms with van der Waals surface area (Å²) in [6.45, 7) is 1.76. The molecular weight excluding hydrogens is 541 g/mol. The minimum absolute atomic E-state index is 0.0214. The molecule has 0 fully saturated rings. The number of fused-ring (bicyclic) bond motifs is 1. The molecule has 0 aliphatic heterocycles. The molecule has 0 spiro atoms. The van der Waals surface area contributed by atoms with Gasteiger partial charge in [-0.15, -0.1) is 0 Å². The molecule has 33 heavy (non-hydrogen) atoms. The molecule has 0 radical (unpaired) electrons. The van der Waals surface area contributed by atoms with Crippen LogP contribution in [0.4, 0.5) is 20.5 Å². The lowest BCUT2D eigenvalue weighted by Gasteiger charge is -2.22. The monoisotopic (exact) mass is 558 g/mol. The third kappa shape index (κ3) is 4.23. The normalized spacial score (nSPS) is 11.8. The number of hydrogen-bond donors (Lipinski definition) is 2. The smallest absolute Gasteiger partial charge is 0.263 e. The second kappa shape index (κ2) is 9.11. The fourth-order valence-corrected chi connectivity index (χ4v) is 4.28. The van der Waals surface area contributed by atoms with Crippen LogP contribution in [0.2, 0.25) is 0 Å². The van der Waals surface area contributed by atoms with E-state index < -0.39 is 17.7 Å². The number of alkyl halides is 1. The van der Waals surface area contributed by atoms with Gasteiger partial charge >= 0.3 is 0 Å². The molecule has 10 heteroatoms. The molecule has 0 aliphatic rings. The zero-order valence-electron chi connectivity index (χ0n) is 17.3. The lowest BCUT2D eigenvalue weighted by atomic mass is 10.0. The average Bonchev–Trinajstić information content (AvgIpc) is 2.80. The summed E-state index contributed by atoms with van der Waals surface area (Å²) in [4.78, 5) is 21.6. The van der Waals surface area contributed by atoms with Crippen LogP contribution in [0.25, 0.3) is 16.5 Å². The van der Waals surface area contributed by atoms with Crippen LogP contribution in [0, 0.1) is 23.0 Å². The average molecular weight is 558 g/mol. The van der Waals surface area contributed by atoms with Gasteiger partial charge in [0.25, 0.3) is 5.56 Å². The largest absolute Gasteiger partial charge is 0.368 e. The number of anilines is 2. The number of nitrogens with zero attached hydrogens (tertiary/aromatic N) is 4. The van der Waals surface area contributed by atoms with Crippen molar-refractivity contribution in [3.8, 4) is 11.8 Å². The molecule has 2 aromatic carbocycles. The molecule has 0 unspecified atom stereocenters. The van der Waals surface area contributed by atoms with Gasteiger partial charge in [-0.1, -0.05) is 40.8 Å². The van der Waals surface area contributed by atoms with Crippen LogP contribution in [0.15, 0.2) is 53.5 Å². The first-order valence-electron chi connectivity index (χ1n) is 9.82. The van der Waals surface area contributed by atoms with Gasteiger partial charge in [-0.25, -0.2) is 13.8 Å². The molecule has 4 aromatic rings. The van der Waals surface area contributed by atoms with E-state index in [2.05, 4.69) is 37.9 Å². The van der Waals surface area contributed by atoms with E-state index in [-0.39, 0.29) is 28.6 Å². The molecule has 0 saturated heterocycles. The second-order valence-corrected chi connectivity index (χ2v) is 8.05. The van der Waals surface area contributed by atoms with Crippen molar-refractivity contribution in [3.63, 3.8) is 0 Å². The molecule has 0 saturated carbocycles. The van der Waals surface area contributed by atoms with Crippen LogP contribution >= 0.6 is 22.6 Å². The molecule has 1 atom stereocenters. The Hall–Kier alpha value is -3.59. The Bertz CT molecular complexity index is 1480. The molecule has 0 amide bonds. The van der Waals surface area contributed by atoms with Crippen LogP contribution in [0.3, 0.4) is 0 Å². The van der Waals surface area contributed by atoms with Crippen molar-refractivity contribution in [1.29, 1.82) is 5.26 Å². The highest BCUT2D eigenvalue weighted by atomic mass is 127. The number of nitrogens with one attached hydrogen (secondary N) is 1. The number of aromatic nitrogens is 3. The number of rotatable bonds is 5. The summed E-state index contributed by atoms with van der Waals surface area (Å²) >= 11 is 2.18.